The van der Waals surface area contributed by atoms with Crippen molar-refractivity contribution in [2.45, 2.75) is 24.8 Å². The molecule has 8 nitrogen and oxygen atoms in total. The van der Waals surface area contributed by atoms with Gasteiger partial charge in [-0.05, 0) is 50.2 Å². The Bertz CT molecular complexity index is 1010. The summed E-state index contributed by atoms with van der Waals surface area (Å²) in [5.74, 6) is 1.04. The number of benzene rings is 2. The third kappa shape index (κ3) is 6.94. The molecule has 1 atom stereocenters. The number of aliphatic hydroxyl groups excluding tert-OH is 1. The van der Waals surface area contributed by atoms with Gasteiger partial charge in [0, 0.05) is 27.6 Å². The zero-order valence-electron chi connectivity index (χ0n) is 17.2. The van der Waals surface area contributed by atoms with Gasteiger partial charge in [-0.2, -0.15) is 4.33 Å². The first-order chi connectivity index (χ1) is 15.0. The van der Waals surface area contributed by atoms with Gasteiger partial charge < -0.3 is 14.6 Å². The van der Waals surface area contributed by atoms with Gasteiger partial charge >= 0.3 is 0 Å². The van der Waals surface area contributed by atoms with E-state index in [1.807, 2.05) is 19.1 Å². The fourth-order valence-corrected chi connectivity index (χ4v) is 3.51. The number of hydrogen-bond donors (Lipinski definition) is 2. The van der Waals surface area contributed by atoms with Crippen molar-refractivity contribution in [3.8, 4) is 17.2 Å². The molecule has 1 amide bonds. The Morgan fingerprint density at radius 3 is 2.58 bits per heavy atom. The summed E-state index contributed by atoms with van der Waals surface area (Å²) in [5, 5.41) is 12.6. The highest BCUT2D eigenvalue weighted by Crippen LogP contribution is 2.30. The van der Waals surface area contributed by atoms with Crippen LogP contribution >= 0.6 is 23.4 Å². The molecule has 0 aliphatic heterocycles. The molecule has 0 saturated heterocycles. The minimum atomic E-state index is -0.440. The Hall–Kier alpha value is -2.63. The second-order valence-corrected chi connectivity index (χ2v) is 8.43. The highest BCUT2D eigenvalue weighted by Gasteiger charge is 2.14. The molecule has 0 radical (unpaired) electrons. The number of nitrogens with one attached hydrogen (secondary N) is 1. The fourth-order valence-electron chi connectivity index (χ4n) is 2.45. The van der Waals surface area contributed by atoms with Gasteiger partial charge in [-0.25, -0.2) is 9.87 Å². The van der Waals surface area contributed by atoms with Gasteiger partial charge in [0.1, 0.15) is 23.4 Å². The number of thiazole rings is 1. The van der Waals surface area contributed by atoms with Crippen molar-refractivity contribution in [2.75, 3.05) is 19.0 Å². The Morgan fingerprint density at radius 2 is 1.94 bits per heavy atom. The van der Waals surface area contributed by atoms with Gasteiger partial charge in [0.2, 0.25) is 0 Å². The van der Waals surface area contributed by atoms with Gasteiger partial charge in [-0.3, -0.25) is 10.1 Å². The van der Waals surface area contributed by atoms with E-state index in [-0.39, 0.29) is 12.5 Å². The number of anilines is 1. The second-order valence-electron chi connectivity index (χ2n) is 6.43. The Balaban J connectivity index is 1.81. The summed E-state index contributed by atoms with van der Waals surface area (Å²) < 4.78 is 16.4. The van der Waals surface area contributed by atoms with Gasteiger partial charge in [-0.1, -0.05) is 0 Å². The van der Waals surface area contributed by atoms with Crippen LogP contribution in [0.2, 0.25) is 0 Å². The number of rotatable bonds is 10. The predicted octanol–water partition coefficient (Wildman–Crippen LogP) is 4.84. The quantitative estimate of drug-likeness (QED) is 0.251. The molecular formula is C21H22N2O6S2. The summed E-state index contributed by atoms with van der Waals surface area (Å²) in [6.07, 6.45) is 1.25. The summed E-state index contributed by atoms with van der Waals surface area (Å²) in [6, 6.07) is 12.0. The molecule has 2 N–H and O–H groups in total. The van der Waals surface area contributed by atoms with Crippen LogP contribution in [0.5, 0.6) is 17.2 Å². The minimum Gasteiger partial charge on any atom is -0.488 e. The molecule has 0 aliphatic rings. The first-order valence-corrected chi connectivity index (χ1v) is 10.8. The van der Waals surface area contributed by atoms with Crippen LogP contribution in [-0.4, -0.2) is 35.8 Å². The monoisotopic (exact) mass is 462 g/mol. The van der Waals surface area contributed by atoms with E-state index < -0.39 is 6.10 Å². The maximum atomic E-state index is 12.7. The molecule has 0 bridgehead atoms. The lowest BCUT2D eigenvalue weighted by Gasteiger charge is -2.15. The SMILES string of the molecule is COOSc1ccc(Oc2cc(O[C@@H](C)CO)cc(C(=O)Nc3ncc(C)s3)c2)cc1. The van der Waals surface area contributed by atoms with Crippen LogP contribution in [0.15, 0.2) is 53.6 Å². The van der Waals surface area contributed by atoms with E-state index in [0.29, 0.717) is 27.9 Å². The van der Waals surface area contributed by atoms with E-state index >= 15 is 0 Å². The van der Waals surface area contributed by atoms with Crippen LogP contribution < -0.4 is 14.8 Å². The van der Waals surface area contributed by atoms with E-state index in [1.54, 1.807) is 43.5 Å². The zero-order valence-corrected chi connectivity index (χ0v) is 18.8. The molecule has 31 heavy (non-hydrogen) atoms. The Kier molecular flexibility index (Phi) is 8.27. The van der Waals surface area contributed by atoms with Gasteiger partial charge in [0.05, 0.1) is 25.8 Å². The standard InChI is InChI=1S/C21H22N2O6S2/c1-13(12-24)27-17-8-15(20(25)23-21-22-11-14(2)30-21)9-18(10-17)28-16-4-6-19(7-5-16)31-29-26-3/h4-11,13,24H,12H2,1-3H3,(H,22,23,25)/t13-/m0/s1. The number of amides is 1. The topological polar surface area (TPSA) is 99.1 Å². The maximum absolute atomic E-state index is 12.7. The first-order valence-electron chi connectivity index (χ1n) is 9.28. The lowest BCUT2D eigenvalue weighted by Crippen LogP contribution is -2.17. The smallest absolute Gasteiger partial charge is 0.257 e. The van der Waals surface area contributed by atoms with Crippen molar-refractivity contribution in [3.05, 3.63) is 59.1 Å². The number of carbonyl (C=O) groups excluding carboxylic acids is 1. The molecule has 10 heteroatoms. The molecule has 164 valence electrons. The van der Waals surface area contributed by atoms with E-state index in [2.05, 4.69) is 15.2 Å². The summed E-state index contributed by atoms with van der Waals surface area (Å²) in [6.45, 7) is 3.48. The highest BCUT2D eigenvalue weighted by molar-refractivity contribution is 7.94. The normalized spacial score (nSPS) is 11.7. The Labute approximate surface area is 188 Å². The van der Waals surface area contributed by atoms with Crippen LogP contribution in [0.4, 0.5) is 5.13 Å². The number of aliphatic hydroxyl groups is 1. The lowest BCUT2D eigenvalue weighted by atomic mass is 10.2. The fraction of sp³-hybridized carbons (Fsp3) is 0.238. The number of nitrogens with zero attached hydrogens (tertiary/aromatic N) is 1. The molecule has 1 aromatic heterocycles. The van der Waals surface area contributed by atoms with E-state index in [4.69, 9.17) is 13.8 Å². The predicted molar refractivity (Wildman–Crippen MR) is 119 cm³/mol. The second kappa shape index (κ2) is 11.1. The third-order valence-electron chi connectivity index (χ3n) is 3.84. The molecular weight excluding hydrogens is 440 g/mol. The van der Waals surface area contributed by atoms with Crippen molar-refractivity contribution in [1.29, 1.82) is 0 Å². The van der Waals surface area contributed by atoms with Gasteiger partial charge in [-0.15, -0.1) is 11.3 Å². The third-order valence-corrected chi connectivity index (χ3v) is 5.33. The Morgan fingerprint density at radius 1 is 1.19 bits per heavy atom. The zero-order chi connectivity index (χ0) is 22.2. The van der Waals surface area contributed by atoms with Crippen molar-refractivity contribution >= 4 is 34.4 Å². The van der Waals surface area contributed by atoms with Crippen LogP contribution in [0.1, 0.15) is 22.2 Å². The summed E-state index contributed by atoms with van der Waals surface area (Å²) >= 11 is 2.46. The van der Waals surface area contributed by atoms with E-state index in [9.17, 15) is 9.90 Å². The van der Waals surface area contributed by atoms with E-state index in [1.165, 1.54) is 18.4 Å². The summed E-state index contributed by atoms with van der Waals surface area (Å²) in [4.78, 5) is 23.3. The van der Waals surface area contributed by atoms with Gasteiger partial charge in [0.15, 0.2) is 5.13 Å². The number of ether oxygens (including phenoxy) is 2. The molecule has 2 aromatic carbocycles. The van der Waals surface area contributed by atoms with Crippen molar-refractivity contribution in [3.63, 3.8) is 0 Å². The summed E-state index contributed by atoms with van der Waals surface area (Å²) in [7, 11) is 1.43. The van der Waals surface area contributed by atoms with Crippen molar-refractivity contribution in [2.24, 2.45) is 0 Å². The average Bonchev–Trinajstić information content (AvgIpc) is 3.17. The maximum Gasteiger partial charge on any atom is 0.257 e. The molecule has 0 saturated carbocycles. The molecule has 0 aliphatic carbocycles. The highest BCUT2D eigenvalue weighted by atomic mass is 32.2. The van der Waals surface area contributed by atoms with E-state index in [0.717, 1.165) is 21.8 Å². The molecule has 3 rings (SSSR count). The molecule has 0 spiro atoms. The minimum absolute atomic E-state index is 0.159. The largest absolute Gasteiger partial charge is 0.488 e. The van der Waals surface area contributed by atoms with Crippen molar-refractivity contribution < 1.29 is 28.6 Å². The molecule has 0 unspecified atom stereocenters. The number of aryl methyl sites for hydroxylation is 1. The lowest BCUT2D eigenvalue weighted by molar-refractivity contribution is -0.160. The number of carbonyl (C=O) groups is 1. The number of aromatic nitrogens is 1. The first kappa shape index (κ1) is 23.0. The van der Waals surface area contributed by atoms with Crippen LogP contribution in [0.3, 0.4) is 0 Å². The van der Waals surface area contributed by atoms with Crippen LogP contribution in [0, 0.1) is 6.92 Å². The summed E-state index contributed by atoms with van der Waals surface area (Å²) in [5.41, 5.74) is 0.339. The molecule has 3 aromatic rings. The van der Waals surface area contributed by atoms with Crippen molar-refractivity contribution in [1.82, 2.24) is 4.98 Å². The number of hydrogen-bond acceptors (Lipinski definition) is 9. The average molecular weight is 463 g/mol. The van der Waals surface area contributed by atoms with Gasteiger partial charge in [0.25, 0.3) is 5.91 Å². The molecule has 0 fully saturated rings. The van der Waals surface area contributed by atoms with Crippen LogP contribution in [-0.2, 0) is 9.22 Å². The van der Waals surface area contributed by atoms with Crippen LogP contribution in [0.25, 0.3) is 0 Å². The molecule has 1 heterocycles.